The van der Waals surface area contributed by atoms with Gasteiger partial charge in [-0.1, -0.05) is 6.92 Å². The van der Waals surface area contributed by atoms with Gasteiger partial charge in [0.25, 0.3) is 10.2 Å². The van der Waals surface area contributed by atoms with Crippen LogP contribution in [-0.2, 0) is 10.2 Å². The average Bonchev–Trinajstić information content (AvgIpc) is 3.00. The lowest BCUT2D eigenvalue weighted by atomic mass is 10.00. The minimum atomic E-state index is -3.23. The Morgan fingerprint density at radius 3 is 2.26 bits per heavy atom. The quantitative estimate of drug-likeness (QED) is 0.837. The minimum absolute atomic E-state index is 0.203. The summed E-state index contributed by atoms with van der Waals surface area (Å²) in [5.41, 5.74) is 0. The molecular weight excluding hydrogens is 262 g/mol. The number of nitrogens with one attached hydrogen (secondary N) is 1. The summed E-state index contributed by atoms with van der Waals surface area (Å²) in [6.45, 7) is 3.98. The second kappa shape index (κ2) is 5.31. The summed E-state index contributed by atoms with van der Waals surface area (Å²) < 4.78 is 28.9. The molecule has 2 unspecified atom stereocenters. The van der Waals surface area contributed by atoms with Gasteiger partial charge in [0.2, 0.25) is 0 Å². The average molecular weight is 287 g/mol. The number of nitrogens with zero attached hydrogens (tertiary/aromatic N) is 2. The van der Waals surface area contributed by atoms with E-state index in [4.69, 9.17) is 0 Å². The smallest absolute Gasteiger partial charge is 0.282 e. The van der Waals surface area contributed by atoms with E-state index in [-0.39, 0.29) is 6.04 Å². The van der Waals surface area contributed by atoms with Gasteiger partial charge in [0, 0.05) is 37.8 Å². The monoisotopic (exact) mass is 287 g/mol. The Bertz CT molecular complexity index is 408. The van der Waals surface area contributed by atoms with Gasteiger partial charge in [-0.3, -0.25) is 0 Å². The van der Waals surface area contributed by atoms with Crippen molar-refractivity contribution in [3.63, 3.8) is 0 Å². The molecule has 5 nitrogen and oxygen atoms in total. The molecule has 3 fully saturated rings. The third-order valence-corrected chi connectivity index (χ3v) is 7.02. The van der Waals surface area contributed by atoms with Crippen molar-refractivity contribution < 1.29 is 8.42 Å². The van der Waals surface area contributed by atoms with Crippen LogP contribution in [0, 0.1) is 0 Å². The van der Waals surface area contributed by atoms with Gasteiger partial charge in [-0.15, -0.1) is 0 Å². The van der Waals surface area contributed by atoms with Gasteiger partial charge in [0.1, 0.15) is 0 Å². The molecule has 19 heavy (non-hydrogen) atoms. The molecule has 2 atom stereocenters. The second-order valence-corrected chi connectivity index (χ2v) is 7.96. The SMILES string of the molecule is CCN(C1CC2CCC(C1)N2)S(=O)(=O)N1CCCC1. The highest BCUT2D eigenvalue weighted by Gasteiger charge is 2.41. The molecule has 0 aromatic rings. The highest BCUT2D eigenvalue weighted by molar-refractivity contribution is 7.86. The molecule has 0 amide bonds. The van der Waals surface area contributed by atoms with Crippen molar-refractivity contribution in [3.8, 4) is 0 Å². The number of rotatable bonds is 4. The van der Waals surface area contributed by atoms with Gasteiger partial charge in [-0.05, 0) is 38.5 Å². The van der Waals surface area contributed by atoms with E-state index < -0.39 is 10.2 Å². The van der Waals surface area contributed by atoms with Crippen molar-refractivity contribution in [2.75, 3.05) is 19.6 Å². The highest BCUT2D eigenvalue weighted by atomic mass is 32.2. The predicted molar refractivity (Wildman–Crippen MR) is 75.1 cm³/mol. The van der Waals surface area contributed by atoms with Crippen LogP contribution in [0.2, 0.25) is 0 Å². The molecule has 0 saturated carbocycles. The van der Waals surface area contributed by atoms with E-state index in [1.807, 2.05) is 6.92 Å². The van der Waals surface area contributed by atoms with Gasteiger partial charge in [0.15, 0.2) is 0 Å². The Morgan fingerprint density at radius 1 is 1.16 bits per heavy atom. The van der Waals surface area contributed by atoms with Gasteiger partial charge in [0.05, 0.1) is 0 Å². The van der Waals surface area contributed by atoms with Crippen LogP contribution in [0.1, 0.15) is 45.4 Å². The molecule has 6 heteroatoms. The van der Waals surface area contributed by atoms with Crippen molar-refractivity contribution in [3.05, 3.63) is 0 Å². The zero-order valence-electron chi connectivity index (χ0n) is 11.7. The summed E-state index contributed by atoms with van der Waals surface area (Å²) >= 11 is 0. The molecule has 110 valence electrons. The van der Waals surface area contributed by atoms with Crippen LogP contribution >= 0.6 is 0 Å². The normalized spacial score (nSPS) is 36.2. The molecule has 0 radical (unpaired) electrons. The van der Waals surface area contributed by atoms with Gasteiger partial charge in [-0.2, -0.15) is 17.0 Å². The summed E-state index contributed by atoms with van der Waals surface area (Å²) in [7, 11) is -3.23. The summed E-state index contributed by atoms with van der Waals surface area (Å²) in [5.74, 6) is 0. The van der Waals surface area contributed by atoms with Crippen LogP contribution in [0.4, 0.5) is 0 Å². The van der Waals surface area contributed by atoms with Gasteiger partial charge in [-0.25, -0.2) is 0 Å². The molecule has 3 rings (SSSR count). The number of fused-ring (bicyclic) bond motifs is 2. The lowest BCUT2D eigenvalue weighted by Gasteiger charge is -2.38. The fraction of sp³-hybridized carbons (Fsp3) is 1.00. The Morgan fingerprint density at radius 2 is 1.74 bits per heavy atom. The van der Waals surface area contributed by atoms with Crippen LogP contribution in [0.5, 0.6) is 0 Å². The van der Waals surface area contributed by atoms with Crippen molar-refractivity contribution >= 4 is 10.2 Å². The maximum Gasteiger partial charge on any atom is 0.282 e. The van der Waals surface area contributed by atoms with Crippen LogP contribution < -0.4 is 5.32 Å². The van der Waals surface area contributed by atoms with E-state index in [2.05, 4.69) is 5.32 Å². The number of hydrogen-bond acceptors (Lipinski definition) is 3. The molecule has 2 bridgehead atoms. The molecule has 3 saturated heterocycles. The van der Waals surface area contributed by atoms with Crippen LogP contribution in [-0.4, -0.2) is 54.8 Å². The van der Waals surface area contributed by atoms with Gasteiger partial charge >= 0.3 is 0 Å². The number of piperidine rings is 1. The molecule has 0 spiro atoms. The van der Waals surface area contributed by atoms with Crippen LogP contribution in [0.3, 0.4) is 0 Å². The molecule has 3 aliphatic heterocycles. The summed E-state index contributed by atoms with van der Waals surface area (Å²) in [6.07, 6.45) is 6.41. The first-order valence-electron chi connectivity index (χ1n) is 7.64. The second-order valence-electron chi connectivity index (χ2n) is 6.08. The fourth-order valence-electron chi connectivity index (χ4n) is 3.94. The molecule has 3 aliphatic rings. The lowest BCUT2D eigenvalue weighted by Crippen LogP contribution is -2.53. The van der Waals surface area contributed by atoms with Crippen molar-refractivity contribution in [2.24, 2.45) is 0 Å². The maximum atomic E-state index is 12.7. The predicted octanol–water partition coefficient (Wildman–Crippen LogP) is 0.932. The Labute approximate surface area is 116 Å². The fourth-order valence-corrected chi connectivity index (χ4v) is 5.83. The standard InChI is InChI=1S/C13H25N3O2S/c1-2-16(19(17,18)15-7-3-4-8-15)13-9-11-5-6-12(10-13)14-11/h11-14H,2-10H2,1H3. The van der Waals surface area contributed by atoms with E-state index in [1.54, 1.807) is 8.61 Å². The Kier molecular flexibility index (Phi) is 3.86. The zero-order valence-corrected chi connectivity index (χ0v) is 12.5. The van der Waals surface area contributed by atoms with Crippen LogP contribution in [0.25, 0.3) is 0 Å². The first kappa shape index (κ1) is 13.8. The van der Waals surface area contributed by atoms with Crippen molar-refractivity contribution in [1.82, 2.24) is 13.9 Å². The lowest BCUT2D eigenvalue weighted by molar-refractivity contribution is 0.221. The zero-order chi connectivity index (χ0) is 13.5. The van der Waals surface area contributed by atoms with E-state index >= 15 is 0 Å². The van der Waals surface area contributed by atoms with Crippen molar-refractivity contribution in [2.45, 2.75) is 63.6 Å². The molecule has 1 N–H and O–H groups in total. The van der Waals surface area contributed by atoms with Gasteiger partial charge < -0.3 is 5.32 Å². The van der Waals surface area contributed by atoms with E-state index in [0.717, 1.165) is 25.7 Å². The number of hydrogen-bond donors (Lipinski definition) is 1. The molecule has 0 aromatic heterocycles. The Balaban J connectivity index is 1.76. The third kappa shape index (κ3) is 2.55. The Hall–Kier alpha value is -0.170. The third-order valence-electron chi connectivity index (χ3n) is 4.85. The first-order valence-corrected chi connectivity index (χ1v) is 9.04. The van der Waals surface area contributed by atoms with E-state index in [0.29, 0.717) is 31.7 Å². The molecule has 0 aliphatic carbocycles. The maximum absolute atomic E-state index is 12.7. The van der Waals surface area contributed by atoms with Crippen LogP contribution in [0.15, 0.2) is 0 Å². The summed E-state index contributed by atoms with van der Waals surface area (Å²) in [4.78, 5) is 0. The van der Waals surface area contributed by atoms with Crippen molar-refractivity contribution in [1.29, 1.82) is 0 Å². The summed E-state index contributed by atoms with van der Waals surface area (Å²) in [5, 5.41) is 3.59. The molecule has 0 aromatic carbocycles. The van der Waals surface area contributed by atoms with E-state index in [9.17, 15) is 8.42 Å². The van der Waals surface area contributed by atoms with E-state index in [1.165, 1.54) is 12.8 Å². The summed E-state index contributed by atoms with van der Waals surface area (Å²) in [6, 6.07) is 1.27. The molecular formula is C13H25N3O2S. The first-order chi connectivity index (χ1) is 9.11. The minimum Gasteiger partial charge on any atom is -0.311 e. The highest BCUT2D eigenvalue weighted by Crippen LogP contribution is 2.32. The largest absolute Gasteiger partial charge is 0.311 e. The topological polar surface area (TPSA) is 52.7 Å². The molecule has 3 heterocycles.